The molecule has 8 heteroatoms. The fraction of sp³-hybridized carbons (Fsp3) is 0.346. The fourth-order valence-electron chi connectivity index (χ4n) is 5.41. The van der Waals surface area contributed by atoms with E-state index in [4.69, 9.17) is 16.6 Å². The Labute approximate surface area is 221 Å². The molecule has 2 aliphatic rings. The molecule has 1 aliphatic carbocycles. The summed E-state index contributed by atoms with van der Waals surface area (Å²) in [6.45, 7) is 1.44. The topological polar surface area (TPSA) is 57.3 Å². The Morgan fingerprint density at radius 1 is 1.18 bits per heavy atom. The molecule has 0 spiro atoms. The van der Waals surface area contributed by atoms with Crippen LogP contribution in [0.5, 0.6) is 0 Å². The molecule has 1 N–H and O–H groups in total. The van der Waals surface area contributed by atoms with Crippen LogP contribution in [-0.2, 0) is 24.1 Å². The molecule has 34 heavy (non-hydrogen) atoms. The molecule has 1 atom stereocenters. The SMILES string of the molecule is O=C(Cc1ccc[n+](O)c1)N1CCC(C2c3ncc(Br)cc3CCc3cc(Cl)cc(Br)c32)CC1. The number of nitrogens with zero attached hydrogens (tertiary/aromatic N) is 3. The van der Waals surface area contributed by atoms with Gasteiger partial charge in [0, 0.05) is 55.5 Å². The highest BCUT2D eigenvalue weighted by Crippen LogP contribution is 2.46. The second-order valence-corrected chi connectivity index (χ2v) is 11.3. The zero-order valence-electron chi connectivity index (χ0n) is 18.6. The lowest BCUT2D eigenvalue weighted by molar-refractivity contribution is -0.905. The van der Waals surface area contributed by atoms with Crippen LogP contribution in [0.1, 0.15) is 46.7 Å². The number of carbonyl (C=O) groups is 1. The van der Waals surface area contributed by atoms with Gasteiger partial charge in [-0.25, -0.2) is 0 Å². The Morgan fingerprint density at radius 2 is 1.94 bits per heavy atom. The van der Waals surface area contributed by atoms with Crippen LogP contribution in [0.25, 0.3) is 0 Å². The first-order valence-corrected chi connectivity index (χ1v) is 13.4. The maximum atomic E-state index is 12.9. The van der Waals surface area contributed by atoms with Gasteiger partial charge in [-0.1, -0.05) is 27.5 Å². The largest absolute Gasteiger partial charge is 0.342 e. The molecule has 2 aromatic heterocycles. The first-order chi connectivity index (χ1) is 16.4. The number of rotatable bonds is 3. The number of fused-ring (bicyclic) bond motifs is 2. The number of carbonyl (C=O) groups excluding carboxylic acids is 1. The summed E-state index contributed by atoms with van der Waals surface area (Å²) in [6.07, 6.45) is 8.99. The molecule has 3 heterocycles. The van der Waals surface area contributed by atoms with Gasteiger partial charge in [0.05, 0.1) is 12.1 Å². The Hall–Kier alpha value is -1.96. The van der Waals surface area contributed by atoms with Crippen molar-refractivity contribution in [2.75, 3.05) is 13.1 Å². The average Bonchev–Trinajstić information content (AvgIpc) is 2.96. The second-order valence-electron chi connectivity index (χ2n) is 9.12. The monoisotopic (exact) mass is 604 g/mol. The van der Waals surface area contributed by atoms with Gasteiger partial charge >= 0.3 is 0 Å². The number of pyridine rings is 2. The van der Waals surface area contributed by atoms with Crippen LogP contribution in [0.2, 0.25) is 5.02 Å². The van der Waals surface area contributed by atoms with E-state index in [2.05, 4.69) is 44.0 Å². The summed E-state index contributed by atoms with van der Waals surface area (Å²) >= 11 is 13.8. The van der Waals surface area contributed by atoms with Crippen molar-refractivity contribution >= 4 is 49.4 Å². The Balaban J connectivity index is 1.40. The van der Waals surface area contributed by atoms with Crippen molar-refractivity contribution in [2.24, 2.45) is 5.92 Å². The van der Waals surface area contributed by atoms with E-state index in [1.807, 2.05) is 23.2 Å². The highest BCUT2D eigenvalue weighted by Gasteiger charge is 2.36. The van der Waals surface area contributed by atoms with Gasteiger partial charge in [0.1, 0.15) is 0 Å². The van der Waals surface area contributed by atoms with Crippen molar-refractivity contribution in [2.45, 2.75) is 38.0 Å². The molecule has 0 radical (unpaired) electrons. The van der Waals surface area contributed by atoms with Gasteiger partial charge in [-0.05, 0) is 88.5 Å². The lowest BCUT2D eigenvalue weighted by Crippen LogP contribution is -2.41. The standard InChI is InChI=1S/C26H25Br2ClN3O2/c27-20-11-19-4-3-18-12-21(29)13-22(28)24(18)25(26(19)30-14-20)17-5-8-31(9-6-17)23(33)10-16-2-1-7-32(34)15-16/h1-2,7,11-15,17,25,34H,3-6,8-10H2/q+1. The number of halogens is 3. The molecular weight excluding hydrogens is 582 g/mol. The molecule has 0 saturated carbocycles. The van der Waals surface area contributed by atoms with E-state index in [0.717, 1.165) is 68.7 Å². The number of likely N-dealkylation sites (tertiary alicyclic amines) is 1. The second kappa shape index (κ2) is 9.96. The van der Waals surface area contributed by atoms with Crippen LogP contribution >= 0.6 is 43.5 Å². The third kappa shape index (κ3) is 4.88. The van der Waals surface area contributed by atoms with Crippen LogP contribution in [0.4, 0.5) is 0 Å². The number of hydrogen-bond donors (Lipinski definition) is 1. The molecule has 1 amide bonds. The van der Waals surface area contributed by atoms with Crippen molar-refractivity contribution in [3.63, 3.8) is 0 Å². The molecular formula is C26H25Br2ClN3O2+. The third-order valence-electron chi connectivity index (χ3n) is 6.98. The highest BCUT2D eigenvalue weighted by molar-refractivity contribution is 9.10. The van der Waals surface area contributed by atoms with Crippen LogP contribution in [-0.4, -0.2) is 34.1 Å². The van der Waals surface area contributed by atoms with Crippen molar-refractivity contribution in [1.29, 1.82) is 0 Å². The summed E-state index contributed by atoms with van der Waals surface area (Å²) in [4.78, 5) is 19.8. The molecule has 1 aromatic carbocycles. The van der Waals surface area contributed by atoms with E-state index < -0.39 is 0 Å². The summed E-state index contributed by atoms with van der Waals surface area (Å²) in [5, 5.41) is 10.4. The Bertz CT molecular complexity index is 1240. The minimum Gasteiger partial charge on any atom is -0.342 e. The predicted octanol–water partition coefficient (Wildman–Crippen LogP) is 5.50. The molecule has 1 aliphatic heterocycles. The number of hydrogen-bond acceptors (Lipinski definition) is 3. The van der Waals surface area contributed by atoms with E-state index >= 15 is 0 Å². The zero-order chi connectivity index (χ0) is 23.8. The van der Waals surface area contributed by atoms with Crippen LogP contribution in [0.15, 0.2) is 57.9 Å². The summed E-state index contributed by atoms with van der Waals surface area (Å²) in [7, 11) is 0. The predicted molar refractivity (Wildman–Crippen MR) is 137 cm³/mol. The van der Waals surface area contributed by atoms with E-state index in [0.29, 0.717) is 12.3 Å². The number of aryl methyl sites for hydroxylation is 2. The lowest BCUT2D eigenvalue weighted by Gasteiger charge is -2.37. The average molecular weight is 607 g/mol. The molecule has 176 valence electrons. The molecule has 3 aromatic rings. The van der Waals surface area contributed by atoms with Gasteiger partial charge in [0.25, 0.3) is 0 Å². The van der Waals surface area contributed by atoms with E-state index in [1.54, 1.807) is 18.5 Å². The normalized spacial score (nSPS) is 18.2. The Kier molecular flexibility index (Phi) is 6.96. The highest BCUT2D eigenvalue weighted by atomic mass is 79.9. The fourth-order valence-corrected chi connectivity index (χ4v) is 6.91. The van der Waals surface area contributed by atoms with E-state index in [1.165, 1.54) is 16.7 Å². The van der Waals surface area contributed by atoms with E-state index in [-0.39, 0.29) is 11.8 Å². The first kappa shape index (κ1) is 23.8. The van der Waals surface area contributed by atoms with Crippen molar-refractivity contribution in [1.82, 2.24) is 9.88 Å². The lowest BCUT2D eigenvalue weighted by atomic mass is 9.76. The summed E-state index contributed by atoms with van der Waals surface area (Å²) in [5.74, 6) is 0.635. The first-order valence-electron chi connectivity index (χ1n) is 11.5. The van der Waals surface area contributed by atoms with Crippen molar-refractivity contribution < 1.29 is 14.7 Å². The van der Waals surface area contributed by atoms with Gasteiger partial charge < -0.3 is 4.90 Å². The molecule has 1 fully saturated rings. The van der Waals surface area contributed by atoms with Crippen molar-refractivity contribution in [3.05, 3.63) is 90.8 Å². The number of aromatic nitrogens is 2. The molecule has 0 bridgehead atoms. The number of benzene rings is 1. The summed E-state index contributed by atoms with van der Waals surface area (Å²) in [6, 6.07) is 9.89. The minimum absolute atomic E-state index is 0.0985. The van der Waals surface area contributed by atoms with Crippen LogP contribution in [0, 0.1) is 5.92 Å². The maximum absolute atomic E-state index is 12.9. The third-order valence-corrected chi connectivity index (χ3v) is 8.29. The molecule has 5 nitrogen and oxygen atoms in total. The minimum atomic E-state index is 0.0985. The molecule has 1 saturated heterocycles. The quantitative estimate of drug-likeness (QED) is 0.317. The number of amides is 1. The summed E-state index contributed by atoms with van der Waals surface area (Å²) in [5.41, 5.74) is 5.79. The van der Waals surface area contributed by atoms with Crippen LogP contribution in [0.3, 0.4) is 0 Å². The van der Waals surface area contributed by atoms with E-state index in [9.17, 15) is 10.0 Å². The van der Waals surface area contributed by atoms with Crippen molar-refractivity contribution in [3.8, 4) is 0 Å². The van der Waals surface area contributed by atoms with Gasteiger partial charge in [0.2, 0.25) is 18.3 Å². The zero-order valence-corrected chi connectivity index (χ0v) is 22.5. The number of piperidine rings is 1. The van der Waals surface area contributed by atoms with Gasteiger partial charge in [0.15, 0.2) is 0 Å². The van der Waals surface area contributed by atoms with Crippen LogP contribution < -0.4 is 4.73 Å². The van der Waals surface area contributed by atoms with Gasteiger partial charge in [-0.2, -0.15) is 0 Å². The van der Waals surface area contributed by atoms with Gasteiger partial charge in [-0.15, -0.1) is 0 Å². The molecule has 1 unspecified atom stereocenters. The maximum Gasteiger partial charge on any atom is 0.227 e. The van der Waals surface area contributed by atoms with Gasteiger partial charge in [-0.3, -0.25) is 15.0 Å². The molecule has 5 rings (SSSR count). The summed E-state index contributed by atoms with van der Waals surface area (Å²) < 4.78 is 3.03. The Morgan fingerprint density at radius 3 is 2.71 bits per heavy atom. The smallest absolute Gasteiger partial charge is 0.227 e.